The van der Waals surface area contributed by atoms with Crippen molar-refractivity contribution in [3.05, 3.63) is 153 Å². The molecule has 0 aliphatic heterocycles. The number of nitrogens with two attached hydrogens (primary N) is 2. The summed E-state index contributed by atoms with van der Waals surface area (Å²) in [5.74, 6) is -0.864. The minimum atomic E-state index is -0.331. The normalized spacial score (nSPS) is 14.1. The molecule has 66 heavy (non-hydrogen) atoms. The lowest BCUT2D eigenvalue weighted by molar-refractivity contribution is 0.0783. The molecule has 0 unspecified atom stereocenters. The Bertz CT molecular complexity index is 2920. The van der Waals surface area contributed by atoms with Crippen LogP contribution in [0.2, 0.25) is 0 Å². The van der Waals surface area contributed by atoms with Gasteiger partial charge in [0.25, 0.3) is 23.6 Å². The van der Waals surface area contributed by atoms with Crippen molar-refractivity contribution in [2.45, 2.75) is 70.5 Å². The zero-order valence-corrected chi connectivity index (χ0v) is 37.5. The highest BCUT2D eigenvalue weighted by Gasteiger charge is 2.31. The maximum absolute atomic E-state index is 13.3. The van der Waals surface area contributed by atoms with Crippen LogP contribution >= 0.6 is 0 Å². The van der Waals surface area contributed by atoms with Gasteiger partial charge in [-0.05, 0) is 112 Å². The molecule has 0 spiro atoms. The third-order valence-electron chi connectivity index (χ3n) is 11.9. The summed E-state index contributed by atoms with van der Waals surface area (Å²) in [4.78, 5) is 79.5. The highest BCUT2D eigenvalue weighted by molar-refractivity contribution is 6.13. The average Bonchev–Trinajstić information content (AvgIpc) is 4.24. The van der Waals surface area contributed by atoms with Crippen molar-refractivity contribution >= 4 is 46.8 Å². The molecule has 3 fully saturated rings. The Labute approximate surface area is 381 Å². The molecule has 0 bridgehead atoms. The van der Waals surface area contributed by atoms with Gasteiger partial charge in [-0.15, -0.1) is 0 Å². The van der Waals surface area contributed by atoms with Gasteiger partial charge in [-0.3, -0.25) is 28.8 Å². The molecule has 0 saturated heterocycles. The summed E-state index contributed by atoms with van der Waals surface area (Å²) in [6.45, 7) is 3.78. The van der Waals surface area contributed by atoms with Crippen LogP contribution in [0.4, 0.5) is 11.6 Å². The second kappa shape index (κ2) is 18.3. The van der Waals surface area contributed by atoms with Crippen LogP contribution in [0.1, 0.15) is 123 Å². The zero-order chi connectivity index (χ0) is 47.0. The highest BCUT2D eigenvalue weighted by Crippen LogP contribution is 2.29. The summed E-state index contributed by atoms with van der Waals surface area (Å²) in [5.41, 5.74) is 18.8. The van der Waals surface area contributed by atoms with Gasteiger partial charge in [-0.1, -0.05) is 36.4 Å². The number of hydrogen-bond donors (Lipinski definition) is 4. The van der Waals surface area contributed by atoms with E-state index in [4.69, 9.17) is 11.5 Å². The largest absolute Gasteiger partial charge is 0.383 e. The van der Waals surface area contributed by atoms with Crippen molar-refractivity contribution < 1.29 is 28.8 Å². The molecule has 0 atom stereocenters. The van der Waals surface area contributed by atoms with Crippen molar-refractivity contribution in [3.63, 3.8) is 0 Å². The second-order valence-electron chi connectivity index (χ2n) is 17.4. The van der Waals surface area contributed by atoms with Gasteiger partial charge in [-0.25, -0.2) is 9.36 Å². The fraction of sp³-hybridized carbons (Fsp3) is 0.280. The standard InChI is InChI=1S/C26H27N5O3.C24H25N5O3/c1-15-6-7-17(25(33)29-19-8-9-19)13-22(15)31-24(27)21(14-28-31)23(32)16-4-3-5-18(12-16)26(34)30(2)20-10-11-20;1-14-7-8-16(23(31)27-18-9-10-18)12-20(14)29-22(25)19(13-26-29)21(30)15-5-4-6-17(11-15)24(32)28(2)3/h3-7,12-14,19-20H,8-11,27H2,1-2H3,(H,29,33);4-8,11-13,18H,9-10,25H2,1-3H3,(H,27,31). The fourth-order valence-electron chi connectivity index (χ4n) is 7.39. The molecule has 3 aliphatic rings. The molecule has 6 aromatic rings. The number of nitrogen functional groups attached to an aromatic ring is 2. The van der Waals surface area contributed by atoms with Crippen molar-refractivity contribution in [2.75, 3.05) is 32.6 Å². The van der Waals surface area contributed by atoms with E-state index in [0.29, 0.717) is 44.8 Å². The van der Waals surface area contributed by atoms with Gasteiger partial charge in [0.2, 0.25) is 0 Å². The highest BCUT2D eigenvalue weighted by atomic mass is 16.2. The Balaban J connectivity index is 0.000000180. The molecule has 9 rings (SSSR count). The summed E-state index contributed by atoms with van der Waals surface area (Å²) < 4.78 is 2.94. The maximum atomic E-state index is 13.3. The van der Waals surface area contributed by atoms with Crippen LogP contribution in [0.3, 0.4) is 0 Å². The molecule has 16 heteroatoms. The van der Waals surface area contributed by atoms with E-state index >= 15 is 0 Å². The number of aryl methyl sites for hydroxylation is 2. The topological polar surface area (TPSA) is 221 Å². The zero-order valence-electron chi connectivity index (χ0n) is 37.5. The number of nitrogens with zero attached hydrogens (tertiary/aromatic N) is 6. The predicted molar refractivity (Wildman–Crippen MR) is 249 cm³/mol. The van der Waals surface area contributed by atoms with Gasteiger partial charge in [0.05, 0.1) is 34.9 Å². The monoisotopic (exact) mass is 888 g/mol. The number of carbonyl (C=O) groups excluding carboxylic acids is 6. The summed E-state index contributed by atoms with van der Waals surface area (Å²) in [6.07, 6.45) is 8.89. The smallest absolute Gasteiger partial charge is 0.253 e. The second-order valence-corrected chi connectivity index (χ2v) is 17.4. The van der Waals surface area contributed by atoms with E-state index < -0.39 is 0 Å². The van der Waals surface area contributed by atoms with Gasteiger partial charge < -0.3 is 31.9 Å². The molecular weight excluding hydrogens is 837 g/mol. The Morgan fingerprint density at radius 1 is 0.545 bits per heavy atom. The van der Waals surface area contributed by atoms with Crippen LogP contribution in [0.15, 0.2) is 97.3 Å². The molecule has 2 heterocycles. The molecule has 6 N–H and O–H groups in total. The number of rotatable bonds is 13. The van der Waals surface area contributed by atoms with E-state index in [1.807, 2.05) is 26.0 Å². The maximum Gasteiger partial charge on any atom is 0.253 e. The SMILES string of the molecule is Cc1ccc(C(=O)NC2CC2)cc1-n1ncc(C(=O)c2cccc(C(=O)N(C)C)c2)c1N.Cc1ccc(C(=O)NC2CC2)cc1-n1ncc(C(=O)c2cccc(C(=O)N(C)C3CC3)c2)c1N. The first-order valence-corrected chi connectivity index (χ1v) is 21.9. The summed E-state index contributed by atoms with van der Waals surface area (Å²) in [7, 11) is 5.10. The number of aromatic nitrogens is 4. The number of ketones is 2. The van der Waals surface area contributed by atoms with E-state index in [1.165, 1.54) is 26.7 Å². The van der Waals surface area contributed by atoms with Crippen LogP contribution in [-0.4, -0.2) is 104 Å². The van der Waals surface area contributed by atoms with Crippen LogP contribution in [0.5, 0.6) is 0 Å². The van der Waals surface area contributed by atoms with Crippen LogP contribution in [0.25, 0.3) is 11.4 Å². The molecule has 3 saturated carbocycles. The molecule has 4 amide bonds. The van der Waals surface area contributed by atoms with E-state index in [1.54, 1.807) is 98.8 Å². The lowest BCUT2D eigenvalue weighted by Gasteiger charge is -2.16. The lowest BCUT2D eigenvalue weighted by Crippen LogP contribution is -2.28. The van der Waals surface area contributed by atoms with Crippen molar-refractivity contribution in [3.8, 4) is 11.4 Å². The lowest BCUT2D eigenvalue weighted by atomic mass is 10.0. The van der Waals surface area contributed by atoms with Gasteiger partial charge in [0.1, 0.15) is 11.6 Å². The van der Waals surface area contributed by atoms with Crippen molar-refractivity contribution in [1.82, 2.24) is 40.0 Å². The van der Waals surface area contributed by atoms with Gasteiger partial charge >= 0.3 is 0 Å². The van der Waals surface area contributed by atoms with Gasteiger partial charge in [0, 0.05) is 72.6 Å². The molecule has 2 aromatic heterocycles. The fourth-order valence-corrected chi connectivity index (χ4v) is 7.39. The van der Waals surface area contributed by atoms with E-state index in [0.717, 1.165) is 49.7 Å². The first-order chi connectivity index (χ1) is 31.6. The number of hydrogen-bond acceptors (Lipinski definition) is 10. The minimum Gasteiger partial charge on any atom is -0.383 e. The Morgan fingerprint density at radius 2 is 0.955 bits per heavy atom. The third kappa shape index (κ3) is 9.62. The van der Waals surface area contributed by atoms with E-state index in [9.17, 15) is 28.8 Å². The summed E-state index contributed by atoms with van der Waals surface area (Å²) >= 11 is 0. The number of carbonyl (C=O) groups is 6. The Hall–Kier alpha value is -7.88. The first kappa shape index (κ1) is 44.7. The quantitative estimate of drug-likeness (QED) is 0.104. The summed E-state index contributed by atoms with van der Waals surface area (Å²) in [5, 5.41) is 14.6. The van der Waals surface area contributed by atoms with Crippen molar-refractivity contribution in [1.29, 1.82) is 0 Å². The first-order valence-electron chi connectivity index (χ1n) is 21.9. The summed E-state index contributed by atoms with van der Waals surface area (Å²) in [6, 6.07) is 24.6. The molecular formula is C50H52N10O6. The van der Waals surface area contributed by atoms with Crippen molar-refractivity contribution in [2.24, 2.45) is 0 Å². The van der Waals surface area contributed by atoms with Crippen LogP contribution in [0, 0.1) is 13.8 Å². The van der Waals surface area contributed by atoms with Gasteiger partial charge in [0.15, 0.2) is 11.6 Å². The predicted octanol–water partition coefficient (Wildman–Crippen LogP) is 5.71. The third-order valence-corrected chi connectivity index (χ3v) is 11.9. The average molecular weight is 889 g/mol. The van der Waals surface area contributed by atoms with E-state index in [2.05, 4.69) is 20.8 Å². The van der Waals surface area contributed by atoms with Crippen LogP contribution < -0.4 is 22.1 Å². The molecule has 338 valence electrons. The number of benzene rings is 4. The molecule has 0 radical (unpaired) electrons. The Morgan fingerprint density at radius 3 is 1.35 bits per heavy atom. The minimum absolute atomic E-state index is 0.0993. The molecule has 16 nitrogen and oxygen atoms in total. The molecule has 4 aromatic carbocycles. The number of anilines is 2. The van der Waals surface area contributed by atoms with E-state index in [-0.39, 0.29) is 76.1 Å². The van der Waals surface area contributed by atoms with Crippen LogP contribution in [-0.2, 0) is 0 Å². The Kier molecular flexibility index (Phi) is 12.4. The number of nitrogens with one attached hydrogen (secondary N) is 2. The molecule has 3 aliphatic carbocycles. The number of amides is 4. The van der Waals surface area contributed by atoms with Gasteiger partial charge in [-0.2, -0.15) is 10.2 Å².